The van der Waals surface area contributed by atoms with Crippen LogP contribution in [0.25, 0.3) is 10.2 Å². The number of H-pyrrole nitrogens is 1. The summed E-state index contributed by atoms with van der Waals surface area (Å²) >= 11 is 1.41. The van der Waals surface area contributed by atoms with Crippen molar-refractivity contribution in [3.05, 3.63) is 51.6 Å². The van der Waals surface area contributed by atoms with E-state index in [2.05, 4.69) is 9.97 Å². The number of fused-ring (bicyclic) bond motifs is 1. The smallest absolute Gasteiger partial charge is 0.268 e. The number of aromatic nitrogens is 3. The Balaban J connectivity index is 1.96. The van der Waals surface area contributed by atoms with E-state index in [1.54, 1.807) is 0 Å². The molecule has 0 aliphatic rings. The van der Waals surface area contributed by atoms with Gasteiger partial charge in [0.05, 0.1) is 12.1 Å². The van der Waals surface area contributed by atoms with Crippen LogP contribution in [0.1, 0.15) is 11.4 Å². The second kappa shape index (κ2) is 4.40. The standard InChI is InChI=1S/C12H12N4OS/c13-5-8-1-3-16(6-8)7-10-14-9-2-4-18-11(9)12(17)15-10/h1-4,6H,5,7,13H2,(H,14,15,17). The average Bonchev–Trinajstić information content (AvgIpc) is 2.97. The molecule has 0 saturated carbocycles. The predicted molar refractivity (Wildman–Crippen MR) is 71.7 cm³/mol. The normalized spacial score (nSPS) is 11.2. The van der Waals surface area contributed by atoms with Gasteiger partial charge in [0.1, 0.15) is 10.5 Å². The zero-order chi connectivity index (χ0) is 12.5. The summed E-state index contributed by atoms with van der Waals surface area (Å²) in [7, 11) is 0. The summed E-state index contributed by atoms with van der Waals surface area (Å²) in [6, 6.07) is 3.82. The molecule has 3 N–H and O–H groups in total. The fourth-order valence-electron chi connectivity index (χ4n) is 1.88. The summed E-state index contributed by atoms with van der Waals surface area (Å²) in [6.45, 7) is 1.06. The Morgan fingerprint density at radius 3 is 3.11 bits per heavy atom. The average molecular weight is 260 g/mol. The molecule has 3 rings (SSSR count). The molecule has 0 spiro atoms. The highest BCUT2D eigenvalue weighted by molar-refractivity contribution is 7.17. The van der Waals surface area contributed by atoms with Gasteiger partial charge in [-0.2, -0.15) is 0 Å². The molecule has 3 aromatic rings. The minimum Gasteiger partial charge on any atom is -0.346 e. The summed E-state index contributed by atoms with van der Waals surface area (Å²) in [5.74, 6) is 0.657. The summed E-state index contributed by atoms with van der Waals surface area (Å²) in [4.78, 5) is 19.0. The highest BCUT2D eigenvalue weighted by atomic mass is 32.1. The lowest BCUT2D eigenvalue weighted by atomic mass is 10.3. The van der Waals surface area contributed by atoms with Crippen molar-refractivity contribution in [3.8, 4) is 0 Å². The first-order valence-electron chi connectivity index (χ1n) is 5.57. The highest BCUT2D eigenvalue weighted by Gasteiger charge is 2.05. The van der Waals surface area contributed by atoms with E-state index >= 15 is 0 Å². The van der Waals surface area contributed by atoms with Gasteiger partial charge in [0.2, 0.25) is 0 Å². The monoisotopic (exact) mass is 260 g/mol. The van der Waals surface area contributed by atoms with Crippen molar-refractivity contribution in [2.75, 3.05) is 0 Å². The van der Waals surface area contributed by atoms with E-state index in [9.17, 15) is 4.79 Å². The fourth-order valence-corrected chi connectivity index (χ4v) is 2.60. The van der Waals surface area contributed by atoms with Crippen molar-refractivity contribution in [3.63, 3.8) is 0 Å². The predicted octanol–water partition coefficient (Wildman–Crippen LogP) is 1.29. The molecule has 18 heavy (non-hydrogen) atoms. The molecule has 0 aliphatic carbocycles. The third-order valence-corrected chi connectivity index (χ3v) is 3.65. The van der Waals surface area contributed by atoms with Crippen LogP contribution in [0.3, 0.4) is 0 Å². The van der Waals surface area contributed by atoms with Crippen LogP contribution in [0.5, 0.6) is 0 Å². The van der Waals surface area contributed by atoms with Gasteiger partial charge in [0.15, 0.2) is 0 Å². The molecule has 0 unspecified atom stereocenters. The topological polar surface area (TPSA) is 76.7 Å². The Bertz CT molecular complexity index is 740. The zero-order valence-corrected chi connectivity index (χ0v) is 10.4. The third kappa shape index (κ3) is 1.96. The lowest BCUT2D eigenvalue weighted by Crippen LogP contribution is -2.12. The van der Waals surface area contributed by atoms with Crippen LogP contribution < -0.4 is 11.3 Å². The molecular formula is C12H12N4OS. The van der Waals surface area contributed by atoms with Crippen LogP contribution in [0.4, 0.5) is 0 Å². The molecule has 3 aromatic heterocycles. The van der Waals surface area contributed by atoms with Gasteiger partial charge in [0.25, 0.3) is 5.56 Å². The van der Waals surface area contributed by atoms with Gasteiger partial charge in [-0.15, -0.1) is 11.3 Å². The number of hydrogen-bond donors (Lipinski definition) is 2. The van der Waals surface area contributed by atoms with Crippen LogP contribution in [-0.4, -0.2) is 14.5 Å². The van der Waals surface area contributed by atoms with Crippen molar-refractivity contribution >= 4 is 21.6 Å². The Kier molecular flexibility index (Phi) is 2.73. The molecule has 0 aliphatic heterocycles. The maximum Gasteiger partial charge on any atom is 0.268 e. The molecule has 6 heteroatoms. The van der Waals surface area contributed by atoms with Gasteiger partial charge in [-0.1, -0.05) is 0 Å². The van der Waals surface area contributed by atoms with E-state index in [4.69, 9.17) is 5.73 Å². The first kappa shape index (κ1) is 11.2. The first-order valence-corrected chi connectivity index (χ1v) is 6.45. The zero-order valence-electron chi connectivity index (χ0n) is 9.59. The van der Waals surface area contributed by atoms with Gasteiger partial charge >= 0.3 is 0 Å². The minimum absolute atomic E-state index is 0.0730. The van der Waals surface area contributed by atoms with E-state index in [-0.39, 0.29) is 5.56 Å². The summed E-state index contributed by atoms with van der Waals surface area (Å²) in [5, 5.41) is 1.87. The van der Waals surface area contributed by atoms with E-state index in [1.165, 1.54) is 11.3 Å². The second-order valence-corrected chi connectivity index (χ2v) is 4.96. The van der Waals surface area contributed by atoms with Gasteiger partial charge in [0, 0.05) is 18.9 Å². The molecule has 0 saturated heterocycles. The Morgan fingerprint density at radius 1 is 1.44 bits per heavy atom. The molecular weight excluding hydrogens is 248 g/mol. The van der Waals surface area contributed by atoms with E-state index < -0.39 is 0 Å². The number of nitrogens with zero attached hydrogens (tertiary/aromatic N) is 2. The van der Waals surface area contributed by atoms with Crippen LogP contribution in [0.15, 0.2) is 34.7 Å². The van der Waals surface area contributed by atoms with Crippen molar-refractivity contribution < 1.29 is 0 Å². The van der Waals surface area contributed by atoms with Crippen molar-refractivity contribution in [2.24, 2.45) is 5.73 Å². The quantitative estimate of drug-likeness (QED) is 0.745. The van der Waals surface area contributed by atoms with Crippen LogP contribution in [0, 0.1) is 0 Å². The van der Waals surface area contributed by atoms with E-state index in [0.29, 0.717) is 23.6 Å². The third-order valence-electron chi connectivity index (χ3n) is 2.74. The molecule has 0 fully saturated rings. The maximum absolute atomic E-state index is 11.8. The maximum atomic E-state index is 11.8. The van der Waals surface area contributed by atoms with Gasteiger partial charge in [-0.25, -0.2) is 4.98 Å². The Labute approximate surface area is 107 Å². The van der Waals surface area contributed by atoms with Crippen molar-refractivity contribution in [1.29, 1.82) is 0 Å². The van der Waals surface area contributed by atoms with Gasteiger partial charge in [-0.05, 0) is 23.1 Å². The largest absolute Gasteiger partial charge is 0.346 e. The first-order chi connectivity index (χ1) is 8.76. The summed E-state index contributed by atoms with van der Waals surface area (Å²) < 4.78 is 2.63. The molecule has 92 valence electrons. The summed E-state index contributed by atoms with van der Waals surface area (Å²) in [6.07, 6.45) is 3.89. The molecule has 0 atom stereocenters. The lowest BCUT2D eigenvalue weighted by molar-refractivity contribution is 0.748. The van der Waals surface area contributed by atoms with Crippen LogP contribution in [-0.2, 0) is 13.1 Å². The molecule has 0 bridgehead atoms. The van der Waals surface area contributed by atoms with Crippen LogP contribution >= 0.6 is 11.3 Å². The molecule has 3 heterocycles. The SMILES string of the molecule is NCc1ccn(Cc2nc3ccsc3c(=O)[nH]2)c1. The number of hydrogen-bond acceptors (Lipinski definition) is 4. The van der Waals surface area contributed by atoms with E-state index in [1.807, 2.05) is 34.5 Å². The van der Waals surface area contributed by atoms with Crippen molar-refractivity contribution in [2.45, 2.75) is 13.1 Å². The van der Waals surface area contributed by atoms with Gasteiger partial charge < -0.3 is 15.3 Å². The molecule has 0 radical (unpaired) electrons. The number of nitrogens with one attached hydrogen (secondary N) is 1. The van der Waals surface area contributed by atoms with Crippen LogP contribution in [0.2, 0.25) is 0 Å². The van der Waals surface area contributed by atoms with E-state index in [0.717, 1.165) is 11.1 Å². The lowest BCUT2D eigenvalue weighted by Gasteiger charge is -2.02. The number of nitrogens with two attached hydrogens (primary N) is 1. The Morgan fingerprint density at radius 2 is 2.33 bits per heavy atom. The summed E-state index contributed by atoms with van der Waals surface area (Å²) in [5.41, 5.74) is 7.30. The van der Waals surface area contributed by atoms with Gasteiger partial charge in [-0.3, -0.25) is 4.79 Å². The fraction of sp³-hybridized carbons (Fsp3) is 0.167. The molecule has 0 amide bonds. The number of aromatic amines is 1. The Hall–Kier alpha value is -1.92. The number of thiophene rings is 1. The molecule has 5 nitrogen and oxygen atoms in total. The second-order valence-electron chi connectivity index (χ2n) is 4.04. The highest BCUT2D eigenvalue weighted by Crippen LogP contribution is 2.14. The number of rotatable bonds is 3. The van der Waals surface area contributed by atoms with Crippen molar-refractivity contribution in [1.82, 2.24) is 14.5 Å². The molecule has 0 aromatic carbocycles. The minimum atomic E-state index is -0.0730.